The summed E-state index contributed by atoms with van der Waals surface area (Å²) in [5.74, 6) is -0.448. The minimum absolute atomic E-state index is 0.00169. The maximum absolute atomic E-state index is 11.3. The lowest BCUT2D eigenvalue weighted by Crippen LogP contribution is -2.44. The van der Waals surface area contributed by atoms with Gasteiger partial charge >= 0.3 is 0 Å². The van der Waals surface area contributed by atoms with Crippen LogP contribution in [0.4, 0.5) is 0 Å². The first-order valence-electron chi connectivity index (χ1n) is 4.49. The highest BCUT2D eigenvalue weighted by Crippen LogP contribution is 2.05. The van der Waals surface area contributed by atoms with Crippen molar-refractivity contribution in [2.45, 2.75) is 25.0 Å². The van der Waals surface area contributed by atoms with Crippen LogP contribution in [-0.4, -0.2) is 47.3 Å². The molecule has 0 radical (unpaired) electrons. The predicted molar refractivity (Wildman–Crippen MR) is 47.3 cm³/mol. The summed E-state index contributed by atoms with van der Waals surface area (Å²) in [7, 11) is 0. The lowest BCUT2D eigenvalue weighted by Gasteiger charge is -2.12. The standard InChI is InChI=1S/C8H14N2O4/c11-4-5(12)3-9-8(14)6-1-2-7(13)10-6/h5-6,11-12H,1-4H2,(H,9,14)(H,10,13)/t5?,6-/m1/s1. The second-order valence-corrected chi connectivity index (χ2v) is 3.24. The lowest BCUT2D eigenvalue weighted by atomic mass is 10.2. The molecule has 0 aromatic heterocycles. The Morgan fingerprint density at radius 2 is 2.43 bits per heavy atom. The Hall–Kier alpha value is -1.14. The molecule has 14 heavy (non-hydrogen) atoms. The summed E-state index contributed by atoms with van der Waals surface area (Å²) in [6, 6.07) is -0.492. The molecular weight excluding hydrogens is 188 g/mol. The summed E-state index contributed by atoms with van der Waals surface area (Å²) < 4.78 is 0. The third kappa shape index (κ3) is 2.97. The fourth-order valence-corrected chi connectivity index (χ4v) is 1.22. The van der Waals surface area contributed by atoms with E-state index >= 15 is 0 Å². The molecule has 4 N–H and O–H groups in total. The van der Waals surface area contributed by atoms with Gasteiger partial charge in [-0.3, -0.25) is 9.59 Å². The van der Waals surface area contributed by atoms with Gasteiger partial charge in [0.25, 0.3) is 0 Å². The maximum Gasteiger partial charge on any atom is 0.242 e. The molecule has 1 unspecified atom stereocenters. The first-order valence-corrected chi connectivity index (χ1v) is 4.49. The molecule has 0 saturated carbocycles. The molecule has 0 spiro atoms. The van der Waals surface area contributed by atoms with Crippen LogP contribution < -0.4 is 10.6 Å². The van der Waals surface area contributed by atoms with Gasteiger partial charge in [-0.15, -0.1) is 0 Å². The Morgan fingerprint density at radius 3 is 2.93 bits per heavy atom. The molecule has 80 valence electrons. The monoisotopic (exact) mass is 202 g/mol. The number of carbonyl (C=O) groups excluding carboxylic acids is 2. The van der Waals surface area contributed by atoms with E-state index < -0.39 is 18.8 Å². The summed E-state index contributed by atoms with van der Waals surface area (Å²) in [5, 5.41) is 22.4. The summed E-state index contributed by atoms with van der Waals surface area (Å²) in [5.41, 5.74) is 0. The van der Waals surface area contributed by atoms with E-state index in [0.717, 1.165) is 0 Å². The molecule has 1 aliphatic heterocycles. The highest BCUT2D eigenvalue weighted by atomic mass is 16.3. The summed E-state index contributed by atoms with van der Waals surface area (Å²) in [6.07, 6.45) is -0.100. The number of nitrogens with one attached hydrogen (secondary N) is 2. The molecule has 0 aliphatic carbocycles. The zero-order chi connectivity index (χ0) is 10.6. The van der Waals surface area contributed by atoms with Crippen LogP contribution >= 0.6 is 0 Å². The number of aliphatic hydroxyl groups excluding tert-OH is 2. The van der Waals surface area contributed by atoms with Crippen molar-refractivity contribution in [3.63, 3.8) is 0 Å². The fraction of sp³-hybridized carbons (Fsp3) is 0.750. The highest BCUT2D eigenvalue weighted by molar-refractivity contribution is 5.90. The van der Waals surface area contributed by atoms with Crippen LogP contribution in [0.1, 0.15) is 12.8 Å². The Kier molecular flexibility index (Phi) is 3.84. The Morgan fingerprint density at radius 1 is 1.71 bits per heavy atom. The topological polar surface area (TPSA) is 98.7 Å². The molecular formula is C8H14N2O4. The van der Waals surface area contributed by atoms with Gasteiger partial charge in [0.15, 0.2) is 0 Å². The van der Waals surface area contributed by atoms with Gasteiger partial charge in [0.1, 0.15) is 6.04 Å². The number of rotatable bonds is 4. The van der Waals surface area contributed by atoms with Crippen molar-refractivity contribution in [2.24, 2.45) is 0 Å². The van der Waals surface area contributed by atoms with Gasteiger partial charge < -0.3 is 20.8 Å². The zero-order valence-electron chi connectivity index (χ0n) is 7.69. The molecule has 1 saturated heterocycles. The van der Waals surface area contributed by atoms with E-state index in [1.807, 2.05) is 0 Å². The Bertz CT molecular complexity index is 231. The average Bonchev–Trinajstić information content (AvgIpc) is 2.60. The molecule has 6 nitrogen and oxygen atoms in total. The maximum atomic E-state index is 11.3. The SMILES string of the molecule is O=C1CC[C@H](C(=O)NCC(O)CO)N1. The normalized spacial score (nSPS) is 23.0. The molecule has 0 aromatic rings. The van der Waals surface area contributed by atoms with Crippen molar-refractivity contribution in [2.75, 3.05) is 13.2 Å². The second-order valence-electron chi connectivity index (χ2n) is 3.24. The largest absolute Gasteiger partial charge is 0.394 e. The summed E-state index contributed by atoms with van der Waals surface area (Å²) >= 11 is 0. The minimum atomic E-state index is -0.948. The van der Waals surface area contributed by atoms with Crippen molar-refractivity contribution in [1.29, 1.82) is 0 Å². The van der Waals surface area contributed by atoms with Gasteiger partial charge in [0.05, 0.1) is 12.7 Å². The van der Waals surface area contributed by atoms with E-state index in [1.165, 1.54) is 0 Å². The first kappa shape index (κ1) is 10.9. The molecule has 2 amide bonds. The van der Waals surface area contributed by atoms with Crippen molar-refractivity contribution in [3.8, 4) is 0 Å². The second kappa shape index (κ2) is 4.92. The van der Waals surface area contributed by atoms with E-state index in [0.29, 0.717) is 12.8 Å². The first-order chi connectivity index (χ1) is 6.63. The van der Waals surface area contributed by atoms with Crippen LogP contribution in [-0.2, 0) is 9.59 Å². The molecule has 1 aliphatic rings. The third-order valence-electron chi connectivity index (χ3n) is 2.03. The number of hydrogen-bond acceptors (Lipinski definition) is 4. The number of carbonyl (C=O) groups is 2. The molecule has 0 aromatic carbocycles. The summed E-state index contributed by atoms with van der Waals surface area (Å²) in [4.78, 5) is 22.1. The predicted octanol–water partition coefficient (Wildman–Crippen LogP) is -2.27. The Balaban J connectivity index is 2.25. The van der Waals surface area contributed by atoms with Crippen LogP contribution in [0.5, 0.6) is 0 Å². The van der Waals surface area contributed by atoms with Gasteiger partial charge in [-0.25, -0.2) is 0 Å². The van der Waals surface area contributed by atoms with Crippen molar-refractivity contribution < 1.29 is 19.8 Å². The van der Waals surface area contributed by atoms with Gasteiger partial charge in [0, 0.05) is 13.0 Å². The quantitative estimate of drug-likeness (QED) is 0.413. The molecule has 1 fully saturated rings. The van der Waals surface area contributed by atoms with E-state index in [-0.39, 0.29) is 18.4 Å². The van der Waals surface area contributed by atoms with Gasteiger partial charge in [0.2, 0.25) is 11.8 Å². The zero-order valence-corrected chi connectivity index (χ0v) is 7.69. The van der Waals surface area contributed by atoms with Crippen LogP contribution in [0, 0.1) is 0 Å². The van der Waals surface area contributed by atoms with Crippen LogP contribution in [0.25, 0.3) is 0 Å². The van der Waals surface area contributed by atoms with Crippen LogP contribution in [0.2, 0.25) is 0 Å². The van der Waals surface area contributed by atoms with Crippen LogP contribution in [0.3, 0.4) is 0 Å². The molecule has 1 rings (SSSR count). The minimum Gasteiger partial charge on any atom is -0.394 e. The fourth-order valence-electron chi connectivity index (χ4n) is 1.22. The highest BCUT2D eigenvalue weighted by Gasteiger charge is 2.26. The van der Waals surface area contributed by atoms with E-state index in [2.05, 4.69) is 10.6 Å². The Labute approximate surface area is 81.3 Å². The van der Waals surface area contributed by atoms with E-state index in [9.17, 15) is 9.59 Å². The van der Waals surface area contributed by atoms with Crippen molar-refractivity contribution >= 4 is 11.8 Å². The van der Waals surface area contributed by atoms with E-state index in [4.69, 9.17) is 10.2 Å². The van der Waals surface area contributed by atoms with E-state index in [1.54, 1.807) is 0 Å². The summed E-state index contributed by atoms with van der Waals surface area (Å²) in [6.45, 7) is -0.390. The smallest absolute Gasteiger partial charge is 0.242 e. The lowest BCUT2D eigenvalue weighted by molar-refractivity contribution is -0.126. The molecule has 2 atom stereocenters. The van der Waals surface area contributed by atoms with Crippen molar-refractivity contribution in [1.82, 2.24) is 10.6 Å². The van der Waals surface area contributed by atoms with Crippen LogP contribution in [0.15, 0.2) is 0 Å². The third-order valence-corrected chi connectivity index (χ3v) is 2.03. The van der Waals surface area contributed by atoms with Gasteiger partial charge in [-0.1, -0.05) is 0 Å². The number of amides is 2. The van der Waals surface area contributed by atoms with Gasteiger partial charge in [-0.05, 0) is 6.42 Å². The van der Waals surface area contributed by atoms with Crippen molar-refractivity contribution in [3.05, 3.63) is 0 Å². The number of aliphatic hydroxyl groups is 2. The average molecular weight is 202 g/mol. The molecule has 1 heterocycles. The van der Waals surface area contributed by atoms with Gasteiger partial charge in [-0.2, -0.15) is 0 Å². The molecule has 6 heteroatoms. The number of hydrogen-bond donors (Lipinski definition) is 4. The molecule has 0 bridgehead atoms.